The minimum Gasteiger partial charge on any atom is -0.495 e. The molecule has 1 aliphatic heterocycles. The highest BCUT2D eigenvalue weighted by molar-refractivity contribution is 9.10. The van der Waals surface area contributed by atoms with E-state index in [1.807, 2.05) is 0 Å². The summed E-state index contributed by atoms with van der Waals surface area (Å²) in [4.78, 5) is 11.1. The van der Waals surface area contributed by atoms with Crippen LogP contribution in [-0.4, -0.2) is 48.6 Å². The van der Waals surface area contributed by atoms with Gasteiger partial charge >= 0.3 is 5.97 Å². The Labute approximate surface area is 129 Å². The third-order valence-electron chi connectivity index (χ3n) is 2.84. The van der Waals surface area contributed by atoms with Crippen molar-refractivity contribution in [3.05, 3.63) is 22.7 Å². The molecule has 1 atom stereocenters. The maximum Gasteiger partial charge on any atom is 0.322 e. The van der Waals surface area contributed by atoms with E-state index in [0.717, 1.165) is 4.31 Å². The van der Waals surface area contributed by atoms with E-state index in [2.05, 4.69) is 15.9 Å². The van der Waals surface area contributed by atoms with Crippen LogP contribution < -0.4 is 4.74 Å². The van der Waals surface area contributed by atoms with Gasteiger partial charge in [-0.3, -0.25) is 4.79 Å². The van der Waals surface area contributed by atoms with Crippen LogP contribution in [-0.2, 0) is 14.8 Å². The van der Waals surface area contributed by atoms with E-state index >= 15 is 0 Å². The lowest BCUT2D eigenvalue weighted by Crippen LogP contribution is -2.41. The highest BCUT2D eigenvalue weighted by Gasteiger charge is 2.41. The van der Waals surface area contributed by atoms with Crippen molar-refractivity contribution < 1.29 is 23.1 Å². The molecule has 0 saturated carbocycles. The minimum atomic E-state index is -3.92. The highest BCUT2D eigenvalue weighted by Crippen LogP contribution is 2.34. The third-order valence-corrected chi connectivity index (χ3v) is 6.38. The van der Waals surface area contributed by atoms with E-state index in [1.165, 1.54) is 31.0 Å². The fourth-order valence-electron chi connectivity index (χ4n) is 1.84. The predicted octanol–water partition coefficient (Wildman–Crippen LogP) is 1.61. The molecule has 0 spiro atoms. The third kappa shape index (κ3) is 2.80. The first kappa shape index (κ1) is 15.6. The van der Waals surface area contributed by atoms with Gasteiger partial charge in [0.1, 0.15) is 16.7 Å². The normalized spacial score (nSPS) is 20.0. The molecule has 1 fully saturated rings. The number of sulfonamides is 1. The average molecular weight is 382 g/mol. The summed E-state index contributed by atoms with van der Waals surface area (Å²) in [6.45, 7) is 0. The quantitative estimate of drug-likeness (QED) is 0.852. The molecule has 0 radical (unpaired) electrons. The lowest BCUT2D eigenvalue weighted by molar-refractivity contribution is -0.140. The molecule has 0 bridgehead atoms. The lowest BCUT2D eigenvalue weighted by Gasteiger charge is -2.21. The second-order valence-corrected chi connectivity index (χ2v) is 7.82. The molecule has 1 N–H and O–H groups in total. The molecule has 110 valence electrons. The molecule has 20 heavy (non-hydrogen) atoms. The number of carbonyl (C=O) groups is 1. The number of carboxylic acid groups (broad SMARTS) is 1. The summed E-state index contributed by atoms with van der Waals surface area (Å²) >= 11 is 4.48. The van der Waals surface area contributed by atoms with Crippen molar-refractivity contribution in [1.82, 2.24) is 4.31 Å². The molecule has 1 aliphatic rings. The number of carboxylic acids is 1. The van der Waals surface area contributed by atoms with Crippen LogP contribution in [0.5, 0.6) is 5.75 Å². The van der Waals surface area contributed by atoms with E-state index in [0.29, 0.717) is 4.47 Å². The Balaban J connectivity index is 2.50. The second kappa shape index (κ2) is 5.92. The molecular weight excluding hydrogens is 370 g/mol. The van der Waals surface area contributed by atoms with Crippen molar-refractivity contribution in [3.63, 3.8) is 0 Å². The Morgan fingerprint density at radius 3 is 2.85 bits per heavy atom. The molecule has 0 unspecified atom stereocenters. The fourth-order valence-corrected chi connectivity index (χ4v) is 5.67. The summed E-state index contributed by atoms with van der Waals surface area (Å²) in [6, 6.07) is 3.55. The summed E-state index contributed by atoms with van der Waals surface area (Å²) in [5.74, 6) is -0.596. The molecule has 1 aromatic carbocycles. The van der Waals surface area contributed by atoms with Crippen LogP contribution in [0.1, 0.15) is 0 Å². The van der Waals surface area contributed by atoms with E-state index in [1.54, 1.807) is 6.07 Å². The van der Waals surface area contributed by atoms with E-state index in [9.17, 15) is 13.2 Å². The van der Waals surface area contributed by atoms with Gasteiger partial charge in [-0.15, -0.1) is 11.8 Å². The van der Waals surface area contributed by atoms with Crippen LogP contribution in [0.25, 0.3) is 0 Å². The lowest BCUT2D eigenvalue weighted by atomic mass is 10.3. The Hall–Kier alpha value is -0.770. The zero-order chi connectivity index (χ0) is 14.9. The first-order valence-corrected chi connectivity index (χ1v) is 8.92. The van der Waals surface area contributed by atoms with E-state index in [4.69, 9.17) is 9.84 Å². The Morgan fingerprint density at radius 2 is 2.25 bits per heavy atom. The van der Waals surface area contributed by atoms with Crippen LogP contribution in [0.4, 0.5) is 0 Å². The summed E-state index contributed by atoms with van der Waals surface area (Å²) in [5, 5.41) is 9.12. The van der Waals surface area contributed by atoms with Crippen molar-refractivity contribution in [2.24, 2.45) is 0 Å². The van der Waals surface area contributed by atoms with E-state index in [-0.39, 0.29) is 22.3 Å². The maximum absolute atomic E-state index is 12.6. The smallest absolute Gasteiger partial charge is 0.322 e. The van der Waals surface area contributed by atoms with Crippen LogP contribution >= 0.6 is 27.7 Å². The SMILES string of the molecule is COc1ccc(Br)cc1S(=O)(=O)N1CSC[C@H]1C(=O)O. The van der Waals surface area contributed by atoms with Gasteiger partial charge in [0.05, 0.1) is 13.0 Å². The van der Waals surface area contributed by atoms with Crippen LogP contribution in [0.3, 0.4) is 0 Å². The van der Waals surface area contributed by atoms with Crippen LogP contribution in [0, 0.1) is 0 Å². The first-order valence-electron chi connectivity index (χ1n) is 5.54. The Morgan fingerprint density at radius 1 is 1.55 bits per heavy atom. The second-order valence-electron chi connectivity index (χ2n) is 4.04. The largest absolute Gasteiger partial charge is 0.495 e. The van der Waals surface area contributed by atoms with Crippen molar-refractivity contribution in [3.8, 4) is 5.75 Å². The molecule has 0 aromatic heterocycles. The number of aliphatic carboxylic acids is 1. The standard InChI is InChI=1S/C11H12BrNO5S2/c1-18-9-3-2-7(12)4-10(9)20(16,17)13-6-19-5-8(13)11(14)15/h2-4,8H,5-6H2,1H3,(H,14,15)/t8-/m0/s1. The number of ether oxygens (including phenoxy) is 1. The topological polar surface area (TPSA) is 83.9 Å². The van der Waals surface area contributed by atoms with E-state index < -0.39 is 22.0 Å². The minimum absolute atomic E-state index is 0.0388. The molecule has 6 nitrogen and oxygen atoms in total. The Bertz CT molecular complexity index is 634. The molecule has 9 heteroatoms. The maximum atomic E-state index is 12.6. The fraction of sp³-hybridized carbons (Fsp3) is 0.364. The number of hydrogen-bond acceptors (Lipinski definition) is 5. The zero-order valence-corrected chi connectivity index (χ0v) is 13.7. The number of hydrogen-bond donors (Lipinski definition) is 1. The van der Waals surface area contributed by atoms with Gasteiger partial charge in [0.2, 0.25) is 10.0 Å². The average Bonchev–Trinajstić information content (AvgIpc) is 2.88. The molecule has 0 amide bonds. The summed E-state index contributed by atoms with van der Waals surface area (Å²) in [6.07, 6.45) is 0. The molecule has 0 aliphatic carbocycles. The first-order chi connectivity index (χ1) is 9.37. The summed E-state index contributed by atoms with van der Waals surface area (Å²) in [7, 11) is -2.55. The molecule has 2 rings (SSSR count). The molecule has 1 heterocycles. The van der Waals surface area contributed by atoms with Crippen molar-refractivity contribution >= 4 is 43.7 Å². The summed E-state index contributed by atoms with van der Waals surface area (Å²) in [5.41, 5.74) is 0. The van der Waals surface area contributed by atoms with Crippen molar-refractivity contribution in [1.29, 1.82) is 0 Å². The summed E-state index contributed by atoms with van der Waals surface area (Å²) < 4.78 is 31.9. The van der Waals surface area contributed by atoms with Crippen molar-refractivity contribution in [2.75, 3.05) is 18.7 Å². The number of benzene rings is 1. The predicted molar refractivity (Wildman–Crippen MR) is 78.5 cm³/mol. The van der Waals surface area contributed by atoms with Crippen molar-refractivity contribution in [2.45, 2.75) is 10.9 Å². The number of halogens is 1. The van der Waals surface area contributed by atoms with Gasteiger partial charge in [-0.25, -0.2) is 8.42 Å². The van der Waals surface area contributed by atoms with Crippen LogP contribution in [0.15, 0.2) is 27.6 Å². The van der Waals surface area contributed by atoms with Gasteiger partial charge in [0.25, 0.3) is 0 Å². The number of methoxy groups -OCH3 is 1. The number of rotatable bonds is 4. The van der Waals surface area contributed by atoms with Gasteiger partial charge in [0.15, 0.2) is 0 Å². The van der Waals surface area contributed by atoms with Gasteiger partial charge in [-0.2, -0.15) is 4.31 Å². The number of nitrogens with zero attached hydrogens (tertiary/aromatic N) is 1. The van der Waals surface area contributed by atoms with Crippen LogP contribution in [0.2, 0.25) is 0 Å². The zero-order valence-electron chi connectivity index (χ0n) is 10.4. The molecule has 1 aromatic rings. The van der Waals surface area contributed by atoms with Gasteiger partial charge in [0, 0.05) is 10.2 Å². The van der Waals surface area contributed by atoms with Gasteiger partial charge in [-0.05, 0) is 18.2 Å². The van der Waals surface area contributed by atoms with Gasteiger partial charge < -0.3 is 9.84 Å². The molecular formula is C11H12BrNO5S2. The monoisotopic (exact) mass is 381 g/mol. The Kier molecular flexibility index (Phi) is 4.62. The highest BCUT2D eigenvalue weighted by atomic mass is 79.9. The molecule has 1 saturated heterocycles. The van der Waals surface area contributed by atoms with Gasteiger partial charge in [-0.1, -0.05) is 15.9 Å². The number of thioether (sulfide) groups is 1.